The maximum Gasteiger partial charge on any atom is 0.249 e. The molecule has 70 valence electrons. The topological polar surface area (TPSA) is 40.6 Å². The van der Waals surface area contributed by atoms with Gasteiger partial charge in [0.25, 0.3) is 0 Å². The van der Waals surface area contributed by atoms with Gasteiger partial charge < -0.3 is 0 Å². The van der Waals surface area contributed by atoms with Crippen molar-refractivity contribution >= 4 is 24.1 Å². The summed E-state index contributed by atoms with van der Waals surface area (Å²) in [6.07, 6.45) is 0.463. The summed E-state index contributed by atoms with van der Waals surface area (Å²) >= 11 is 5.64. The van der Waals surface area contributed by atoms with Gasteiger partial charge in [-0.1, -0.05) is 0 Å². The molecule has 0 aliphatic heterocycles. The van der Waals surface area contributed by atoms with E-state index >= 15 is 0 Å². The number of carbonyl (C=O) groups excluding carboxylic acids is 2. The van der Waals surface area contributed by atoms with Crippen LogP contribution in [-0.2, 0) is 9.59 Å². The average molecular weight is 193 g/mol. The predicted molar refractivity (Wildman–Crippen MR) is 46.5 cm³/mol. The van der Waals surface area contributed by atoms with Crippen LogP contribution in [0.2, 0.25) is 0 Å². The third-order valence-electron chi connectivity index (χ3n) is 1.77. The van der Waals surface area contributed by atoms with Crippen molar-refractivity contribution in [3.05, 3.63) is 0 Å². The second-order valence-corrected chi connectivity index (χ2v) is 3.56. The second-order valence-electron chi connectivity index (χ2n) is 3.06. The fourth-order valence-corrected chi connectivity index (χ4v) is 0.684. The van der Waals surface area contributed by atoms with Crippen LogP contribution in [0.5, 0.6) is 0 Å². The van der Waals surface area contributed by atoms with Crippen LogP contribution < -0.4 is 0 Å². The van der Waals surface area contributed by atoms with E-state index in [1.54, 1.807) is 20.9 Å². The van der Waals surface area contributed by atoms with Gasteiger partial charge in [0, 0.05) is 14.1 Å². The van der Waals surface area contributed by atoms with Crippen LogP contribution in [0.15, 0.2) is 0 Å². The fourth-order valence-electron chi connectivity index (χ4n) is 0.611. The minimum atomic E-state index is -0.864. The lowest BCUT2D eigenvalue weighted by Crippen LogP contribution is -2.49. The van der Waals surface area contributed by atoms with Gasteiger partial charge in [-0.3, -0.25) is 14.5 Å². The van der Waals surface area contributed by atoms with Crippen molar-refractivity contribution in [3.63, 3.8) is 0 Å². The first kappa shape index (κ1) is 11.4. The highest BCUT2D eigenvalue weighted by atomic mass is 35.5. The third-order valence-corrected chi connectivity index (χ3v) is 2.19. The number of nitrogens with zero attached hydrogens (tertiary/aromatic N) is 2. The predicted octanol–water partition coefficient (Wildman–Crippen LogP) is 0.465. The van der Waals surface area contributed by atoms with Crippen LogP contribution in [0, 0.1) is 0 Å². The van der Waals surface area contributed by atoms with Crippen molar-refractivity contribution in [3.8, 4) is 0 Å². The third kappa shape index (κ3) is 2.19. The Bertz CT molecular complexity index is 192. The van der Waals surface area contributed by atoms with Crippen molar-refractivity contribution in [2.45, 2.75) is 19.4 Å². The number of imide groups is 1. The largest absolute Gasteiger partial charge is 0.287 e. The van der Waals surface area contributed by atoms with Gasteiger partial charge >= 0.3 is 0 Å². The summed E-state index contributed by atoms with van der Waals surface area (Å²) in [7, 11) is 2.97. The molecule has 5 heteroatoms. The summed E-state index contributed by atoms with van der Waals surface area (Å²) in [5.74, 6) is -0.338. The Morgan fingerprint density at radius 2 is 1.83 bits per heavy atom. The number of likely N-dealkylation sites (N-methyl/N-ethyl adjacent to an activating group) is 2. The van der Waals surface area contributed by atoms with Crippen LogP contribution in [0.3, 0.4) is 0 Å². The molecule has 0 aromatic rings. The number of amides is 2. The van der Waals surface area contributed by atoms with Gasteiger partial charge in [-0.25, -0.2) is 4.42 Å². The van der Waals surface area contributed by atoms with Crippen molar-refractivity contribution in [2.75, 3.05) is 14.1 Å². The maximum absolute atomic E-state index is 11.4. The molecule has 0 aromatic heterocycles. The van der Waals surface area contributed by atoms with Gasteiger partial charge in [0.05, 0.1) is 0 Å². The molecule has 0 saturated carbocycles. The Balaban J connectivity index is 4.56. The van der Waals surface area contributed by atoms with Gasteiger partial charge in [-0.15, -0.1) is 0 Å². The highest BCUT2D eigenvalue weighted by molar-refractivity contribution is 6.15. The summed E-state index contributed by atoms with van der Waals surface area (Å²) in [6.45, 7) is 3.28. The van der Waals surface area contributed by atoms with E-state index in [9.17, 15) is 9.59 Å². The first-order chi connectivity index (χ1) is 5.34. The summed E-state index contributed by atoms with van der Waals surface area (Å²) in [4.78, 5) is 22.6. The van der Waals surface area contributed by atoms with E-state index in [0.717, 1.165) is 4.90 Å². The van der Waals surface area contributed by atoms with E-state index in [4.69, 9.17) is 11.8 Å². The fraction of sp³-hybridized carbons (Fsp3) is 0.714. The molecule has 0 spiro atoms. The molecule has 2 amide bonds. The van der Waals surface area contributed by atoms with Crippen LogP contribution in [0.4, 0.5) is 0 Å². The van der Waals surface area contributed by atoms with Crippen LogP contribution in [0.1, 0.15) is 13.8 Å². The Kier molecular flexibility index (Phi) is 3.67. The molecule has 0 bridgehead atoms. The monoisotopic (exact) mass is 192 g/mol. The maximum atomic E-state index is 11.4. The molecule has 0 N–H and O–H groups in total. The lowest BCUT2D eigenvalue weighted by molar-refractivity contribution is -0.142. The second kappa shape index (κ2) is 3.87. The molecule has 0 rings (SSSR count). The number of rotatable bonds is 3. The zero-order valence-electron chi connectivity index (χ0n) is 7.67. The van der Waals surface area contributed by atoms with E-state index in [0.29, 0.717) is 6.41 Å². The van der Waals surface area contributed by atoms with E-state index in [-0.39, 0.29) is 5.91 Å². The van der Waals surface area contributed by atoms with Crippen molar-refractivity contribution in [1.29, 1.82) is 0 Å². The molecule has 0 atom stereocenters. The first-order valence-electron chi connectivity index (χ1n) is 3.46. The molecule has 0 heterocycles. The molecule has 12 heavy (non-hydrogen) atoms. The lowest BCUT2D eigenvalue weighted by atomic mass is 10.0. The highest BCUT2D eigenvalue weighted by Gasteiger charge is 2.33. The van der Waals surface area contributed by atoms with Crippen LogP contribution in [-0.4, -0.2) is 41.3 Å². The Labute approximate surface area is 77.2 Å². The average Bonchev–Trinajstić information content (AvgIpc) is 2.01. The van der Waals surface area contributed by atoms with Crippen molar-refractivity contribution in [2.24, 2.45) is 0 Å². The van der Waals surface area contributed by atoms with Crippen LogP contribution >= 0.6 is 11.8 Å². The molecule has 0 aliphatic carbocycles. The van der Waals surface area contributed by atoms with Gasteiger partial charge in [0.2, 0.25) is 12.3 Å². The van der Waals surface area contributed by atoms with E-state index < -0.39 is 5.54 Å². The molecule has 0 aliphatic rings. The summed E-state index contributed by atoms with van der Waals surface area (Å²) in [6, 6.07) is 0. The molecule has 0 fully saturated rings. The van der Waals surface area contributed by atoms with Gasteiger partial charge in [-0.05, 0) is 25.6 Å². The number of hydrogen-bond acceptors (Lipinski definition) is 3. The number of carbonyl (C=O) groups is 2. The highest BCUT2D eigenvalue weighted by Crippen LogP contribution is 2.16. The lowest BCUT2D eigenvalue weighted by Gasteiger charge is -2.30. The van der Waals surface area contributed by atoms with E-state index in [1.807, 2.05) is 0 Å². The first-order valence-corrected chi connectivity index (χ1v) is 3.80. The molecule has 0 unspecified atom stereocenters. The normalized spacial score (nSPS) is 11.5. The SMILES string of the molecule is CN(C=O)C(=O)C(C)(C)N(C)Cl. The van der Waals surface area contributed by atoms with Crippen LogP contribution in [0.25, 0.3) is 0 Å². The molecular formula is C7H13ClN2O2. The molecule has 0 aromatic carbocycles. The molecule has 0 saturated heterocycles. The van der Waals surface area contributed by atoms with E-state index in [1.165, 1.54) is 11.5 Å². The zero-order valence-corrected chi connectivity index (χ0v) is 8.42. The summed E-state index contributed by atoms with van der Waals surface area (Å²) in [5, 5.41) is 0. The quantitative estimate of drug-likeness (QED) is 0.482. The van der Waals surface area contributed by atoms with Gasteiger partial charge in [0.1, 0.15) is 5.54 Å². The standard InChI is InChI=1S/C7H13ClN2O2/c1-7(2,10(4)8)6(12)9(3)5-11/h5H,1-4H3. The zero-order chi connectivity index (χ0) is 9.94. The van der Waals surface area contributed by atoms with Gasteiger partial charge in [0.15, 0.2) is 0 Å². The Morgan fingerprint density at radius 1 is 1.42 bits per heavy atom. The number of hydrogen-bond donors (Lipinski definition) is 0. The molecule has 0 radical (unpaired) electrons. The van der Waals surface area contributed by atoms with Crippen molar-refractivity contribution < 1.29 is 9.59 Å². The number of halogens is 1. The molecular weight excluding hydrogens is 180 g/mol. The van der Waals surface area contributed by atoms with E-state index in [2.05, 4.69) is 0 Å². The Morgan fingerprint density at radius 3 is 2.08 bits per heavy atom. The minimum Gasteiger partial charge on any atom is -0.287 e. The van der Waals surface area contributed by atoms with Gasteiger partial charge in [-0.2, -0.15) is 0 Å². The minimum absolute atomic E-state index is 0.338. The summed E-state index contributed by atoms with van der Waals surface area (Å²) in [5.41, 5.74) is -0.864. The summed E-state index contributed by atoms with van der Waals surface area (Å²) < 4.78 is 1.25. The molecule has 4 nitrogen and oxygen atoms in total. The smallest absolute Gasteiger partial charge is 0.249 e. The van der Waals surface area contributed by atoms with Crippen molar-refractivity contribution in [1.82, 2.24) is 9.32 Å². The Hall–Kier alpha value is -0.610.